The van der Waals surface area contributed by atoms with Crippen LogP contribution in [0.1, 0.15) is 55.4 Å². The van der Waals surface area contributed by atoms with Crippen LogP contribution < -0.4 is 10.6 Å². The van der Waals surface area contributed by atoms with E-state index < -0.39 is 0 Å². The maximum absolute atomic E-state index is 3.62. The van der Waals surface area contributed by atoms with Crippen molar-refractivity contribution in [1.29, 1.82) is 0 Å². The SMILES string of the molecule is CC(C)NC(NC(C)(C)C)C(C)(C)C. The van der Waals surface area contributed by atoms with Crippen LogP contribution in [-0.4, -0.2) is 17.7 Å². The van der Waals surface area contributed by atoms with E-state index in [9.17, 15) is 0 Å². The summed E-state index contributed by atoms with van der Waals surface area (Å²) in [5, 5.41) is 7.18. The molecule has 0 aromatic rings. The third kappa shape index (κ3) is 6.39. The molecule has 2 heteroatoms. The number of rotatable bonds is 3. The highest BCUT2D eigenvalue weighted by Crippen LogP contribution is 2.20. The van der Waals surface area contributed by atoms with Crippen molar-refractivity contribution in [3.8, 4) is 0 Å². The largest absolute Gasteiger partial charge is 0.299 e. The summed E-state index contributed by atoms with van der Waals surface area (Å²) in [5.74, 6) is 0. The highest BCUT2D eigenvalue weighted by Gasteiger charge is 2.28. The summed E-state index contributed by atoms with van der Waals surface area (Å²) in [6, 6.07) is 0.508. The summed E-state index contributed by atoms with van der Waals surface area (Å²) >= 11 is 0. The van der Waals surface area contributed by atoms with Crippen LogP contribution in [0.5, 0.6) is 0 Å². The Kier molecular flexibility index (Phi) is 4.60. The van der Waals surface area contributed by atoms with Gasteiger partial charge in [0.05, 0.1) is 6.17 Å². The van der Waals surface area contributed by atoms with Crippen LogP contribution in [0, 0.1) is 5.41 Å². The summed E-state index contributed by atoms with van der Waals surface area (Å²) in [4.78, 5) is 0. The highest BCUT2D eigenvalue weighted by atomic mass is 15.2. The van der Waals surface area contributed by atoms with Crippen molar-refractivity contribution >= 4 is 0 Å². The van der Waals surface area contributed by atoms with E-state index in [4.69, 9.17) is 0 Å². The van der Waals surface area contributed by atoms with Crippen molar-refractivity contribution < 1.29 is 0 Å². The molecular weight excluding hydrogens is 172 g/mol. The fraction of sp³-hybridized carbons (Fsp3) is 1.00. The maximum atomic E-state index is 3.62. The minimum atomic E-state index is 0.153. The van der Waals surface area contributed by atoms with Gasteiger partial charge in [-0.05, 0) is 40.0 Å². The van der Waals surface area contributed by atoms with Crippen molar-refractivity contribution in [3.05, 3.63) is 0 Å². The molecule has 0 saturated carbocycles. The summed E-state index contributed by atoms with van der Waals surface area (Å²) in [6.07, 6.45) is 0.350. The lowest BCUT2D eigenvalue weighted by atomic mass is 9.90. The van der Waals surface area contributed by atoms with Crippen LogP contribution in [0.3, 0.4) is 0 Å². The second-order valence-electron chi connectivity index (χ2n) is 6.51. The quantitative estimate of drug-likeness (QED) is 0.685. The monoisotopic (exact) mass is 200 g/mol. The van der Waals surface area contributed by atoms with Crippen LogP contribution in [0.4, 0.5) is 0 Å². The van der Waals surface area contributed by atoms with Gasteiger partial charge < -0.3 is 0 Å². The molecular formula is C12H28N2. The molecule has 0 aromatic heterocycles. The van der Waals surface area contributed by atoms with Crippen molar-refractivity contribution in [2.45, 2.75) is 73.1 Å². The molecule has 14 heavy (non-hydrogen) atoms. The first-order valence-corrected chi connectivity index (χ1v) is 5.56. The Labute approximate surface area is 89.9 Å². The van der Waals surface area contributed by atoms with Gasteiger partial charge in [-0.3, -0.25) is 10.6 Å². The average molecular weight is 200 g/mol. The molecule has 0 saturated heterocycles. The average Bonchev–Trinajstić information content (AvgIpc) is 1.78. The van der Waals surface area contributed by atoms with Gasteiger partial charge in [0.1, 0.15) is 0 Å². The summed E-state index contributed by atoms with van der Waals surface area (Å²) in [7, 11) is 0. The third-order valence-corrected chi connectivity index (χ3v) is 1.94. The molecule has 0 bridgehead atoms. The summed E-state index contributed by atoms with van der Waals surface area (Å²) in [5.41, 5.74) is 0.386. The molecule has 1 atom stereocenters. The zero-order valence-corrected chi connectivity index (χ0v) is 11.2. The van der Waals surface area contributed by atoms with Crippen molar-refractivity contribution in [3.63, 3.8) is 0 Å². The van der Waals surface area contributed by atoms with Gasteiger partial charge in [0.25, 0.3) is 0 Å². The number of nitrogens with one attached hydrogen (secondary N) is 2. The van der Waals surface area contributed by atoms with E-state index >= 15 is 0 Å². The topological polar surface area (TPSA) is 24.1 Å². The Morgan fingerprint density at radius 2 is 1.29 bits per heavy atom. The molecule has 0 fully saturated rings. The predicted octanol–water partition coefficient (Wildman–Crippen LogP) is 2.74. The normalized spacial score (nSPS) is 16.1. The Morgan fingerprint density at radius 1 is 0.857 bits per heavy atom. The third-order valence-electron chi connectivity index (χ3n) is 1.94. The molecule has 2 nitrogen and oxygen atoms in total. The molecule has 0 amide bonds. The summed E-state index contributed by atoms with van der Waals surface area (Å²) in [6.45, 7) is 17.7. The zero-order valence-electron chi connectivity index (χ0n) is 11.2. The Bertz CT molecular complexity index is 160. The maximum Gasteiger partial charge on any atom is 0.0627 e. The first kappa shape index (κ1) is 13.9. The fourth-order valence-corrected chi connectivity index (χ4v) is 1.27. The second-order valence-corrected chi connectivity index (χ2v) is 6.51. The van der Waals surface area contributed by atoms with Crippen LogP contribution in [0.2, 0.25) is 0 Å². The van der Waals surface area contributed by atoms with E-state index in [0.29, 0.717) is 12.2 Å². The molecule has 0 heterocycles. The lowest BCUT2D eigenvalue weighted by Gasteiger charge is -2.39. The van der Waals surface area contributed by atoms with Crippen molar-refractivity contribution in [2.24, 2.45) is 5.41 Å². The second kappa shape index (κ2) is 4.63. The van der Waals surface area contributed by atoms with E-state index in [1.165, 1.54) is 0 Å². The Balaban J connectivity index is 4.42. The van der Waals surface area contributed by atoms with E-state index in [-0.39, 0.29) is 11.0 Å². The molecule has 2 N–H and O–H groups in total. The highest BCUT2D eigenvalue weighted by molar-refractivity contribution is 4.85. The molecule has 0 aliphatic heterocycles. The first-order valence-electron chi connectivity index (χ1n) is 5.56. The smallest absolute Gasteiger partial charge is 0.0627 e. The fourth-order valence-electron chi connectivity index (χ4n) is 1.27. The van der Waals surface area contributed by atoms with Gasteiger partial charge in [-0.2, -0.15) is 0 Å². The molecule has 1 unspecified atom stereocenters. The van der Waals surface area contributed by atoms with E-state index in [0.717, 1.165) is 0 Å². The number of hydrogen-bond donors (Lipinski definition) is 2. The first-order chi connectivity index (χ1) is 6.02. The molecule has 0 aliphatic carbocycles. The molecule has 0 aromatic carbocycles. The van der Waals surface area contributed by atoms with Crippen molar-refractivity contribution in [1.82, 2.24) is 10.6 Å². The van der Waals surface area contributed by atoms with Gasteiger partial charge in [-0.1, -0.05) is 20.8 Å². The van der Waals surface area contributed by atoms with Gasteiger partial charge in [-0.25, -0.2) is 0 Å². The minimum Gasteiger partial charge on any atom is -0.299 e. The lowest BCUT2D eigenvalue weighted by Crippen LogP contribution is -2.58. The van der Waals surface area contributed by atoms with Crippen LogP contribution in [0.25, 0.3) is 0 Å². The van der Waals surface area contributed by atoms with Crippen molar-refractivity contribution in [2.75, 3.05) is 0 Å². The molecule has 0 spiro atoms. The predicted molar refractivity (Wildman–Crippen MR) is 64.4 cm³/mol. The standard InChI is InChI=1S/C12H28N2/c1-9(2)13-10(11(3,4)5)14-12(6,7)8/h9-10,13-14H,1-8H3. The van der Waals surface area contributed by atoms with Gasteiger partial charge in [-0.15, -0.1) is 0 Å². The molecule has 86 valence electrons. The van der Waals surface area contributed by atoms with Gasteiger partial charge in [0.15, 0.2) is 0 Å². The van der Waals surface area contributed by atoms with Gasteiger partial charge in [0, 0.05) is 11.6 Å². The van der Waals surface area contributed by atoms with Crippen LogP contribution in [-0.2, 0) is 0 Å². The van der Waals surface area contributed by atoms with E-state index in [2.05, 4.69) is 66.0 Å². The minimum absolute atomic E-state index is 0.153. The number of hydrogen-bond acceptors (Lipinski definition) is 2. The summed E-state index contributed by atoms with van der Waals surface area (Å²) < 4.78 is 0. The van der Waals surface area contributed by atoms with Gasteiger partial charge in [0.2, 0.25) is 0 Å². The Hall–Kier alpha value is -0.0800. The molecule has 0 radical (unpaired) electrons. The molecule has 0 aliphatic rings. The van der Waals surface area contributed by atoms with Crippen LogP contribution >= 0.6 is 0 Å². The molecule has 0 rings (SSSR count). The zero-order chi connectivity index (χ0) is 11.6. The van der Waals surface area contributed by atoms with Crippen LogP contribution in [0.15, 0.2) is 0 Å². The van der Waals surface area contributed by atoms with E-state index in [1.54, 1.807) is 0 Å². The Morgan fingerprint density at radius 3 is 1.50 bits per heavy atom. The lowest BCUT2D eigenvalue weighted by molar-refractivity contribution is 0.174. The van der Waals surface area contributed by atoms with Gasteiger partial charge >= 0.3 is 0 Å². The van der Waals surface area contributed by atoms with E-state index in [1.807, 2.05) is 0 Å².